The number of hydrogen-bond donors (Lipinski definition) is 1. The van der Waals surface area contributed by atoms with Crippen molar-refractivity contribution < 1.29 is 13.0 Å². The fraction of sp³-hybridized carbons (Fsp3) is 0.333. The average Bonchev–Trinajstić information content (AvgIpc) is 2.25. The topological polar surface area (TPSA) is 87.0 Å². The lowest BCUT2D eigenvalue weighted by atomic mass is 10.2. The molecular formula is C9H12N2O4S. The van der Waals surface area contributed by atoms with E-state index in [1.54, 1.807) is 13.0 Å². The van der Waals surface area contributed by atoms with Crippen molar-refractivity contribution in [3.8, 4) is 0 Å². The van der Waals surface area contributed by atoms with Crippen LogP contribution in [0.5, 0.6) is 0 Å². The van der Waals surface area contributed by atoms with E-state index in [0.29, 0.717) is 12.1 Å². The Morgan fingerprint density at radius 2 is 2.12 bits per heavy atom. The van der Waals surface area contributed by atoms with Gasteiger partial charge in [-0.05, 0) is 24.6 Å². The Kier molecular flexibility index (Phi) is 3.97. The minimum absolute atomic E-state index is 0.188. The van der Waals surface area contributed by atoms with Crippen LogP contribution in [0.15, 0.2) is 34.4 Å². The molecule has 16 heavy (non-hydrogen) atoms. The second kappa shape index (κ2) is 5.04. The first-order valence-electron chi connectivity index (χ1n) is 4.62. The number of rotatable bonds is 5. The summed E-state index contributed by atoms with van der Waals surface area (Å²) in [7, 11) is -4.20. The van der Waals surface area contributed by atoms with Gasteiger partial charge in [0.15, 0.2) is 0 Å². The Labute approximate surface area is 93.6 Å². The van der Waals surface area contributed by atoms with E-state index in [4.69, 9.17) is 4.55 Å². The fourth-order valence-corrected chi connectivity index (χ4v) is 1.76. The lowest BCUT2D eigenvalue weighted by Crippen LogP contribution is -2.15. The van der Waals surface area contributed by atoms with Crippen molar-refractivity contribution in [1.82, 2.24) is 5.01 Å². The largest absolute Gasteiger partial charge is 0.294 e. The van der Waals surface area contributed by atoms with Crippen molar-refractivity contribution in [2.45, 2.75) is 18.4 Å². The Balaban J connectivity index is 2.95. The summed E-state index contributed by atoms with van der Waals surface area (Å²) >= 11 is 0. The average molecular weight is 244 g/mol. The molecule has 88 valence electrons. The number of benzene rings is 1. The van der Waals surface area contributed by atoms with E-state index < -0.39 is 10.1 Å². The maximum absolute atomic E-state index is 10.9. The van der Waals surface area contributed by atoms with Crippen LogP contribution in [0.1, 0.15) is 12.5 Å². The number of nitroso groups, excluding NO2 is 1. The molecule has 0 heterocycles. The summed E-state index contributed by atoms with van der Waals surface area (Å²) in [5, 5.41) is 4.00. The zero-order chi connectivity index (χ0) is 12.2. The van der Waals surface area contributed by atoms with Gasteiger partial charge in [0, 0.05) is 6.54 Å². The van der Waals surface area contributed by atoms with Crippen LogP contribution in [0.4, 0.5) is 0 Å². The highest BCUT2D eigenvalue weighted by atomic mass is 32.2. The van der Waals surface area contributed by atoms with Crippen molar-refractivity contribution in [1.29, 1.82) is 0 Å². The summed E-state index contributed by atoms with van der Waals surface area (Å²) in [6.45, 7) is 2.40. The van der Waals surface area contributed by atoms with Gasteiger partial charge in [-0.15, -0.1) is 4.91 Å². The van der Waals surface area contributed by atoms with Crippen LogP contribution >= 0.6 is 0 Å². The number of hydrogen-bond acceptors (Lipinski definition) is 4. The van der Waals surface area contributed by atoms with Crippen LogP contribution in [0, 0.1) is 4.91 Å². The van der Waals surface area contributed by atoms with Gasteiger partial charge >= 0.3 is 0 Å². The molecule has 0 atom stereocenters. The van der Waals surface area contributed by atoms with E-state index in [-0.39, 0.29) is 11.4 Å². The summed E-state index contributed by atoms with van der Waals surface area (Å²) in [6, 6.07) is 5.74. The number of nitrogens with zero attached hydrogens (tertiary/aromatic N) is 2. The molecule has 0 aliphatic rings. The van der Waals surface area contributed by atoms with Gasteiger partial charge in [-0.1, -0.05) is 12.1 Å². The molecule has 0 amide bonds. The quantitative estimate of drug-likeness (QED) is 0.481. The molecule has 0 saturated heterocycles. The summed E-state index contributed by atoms with van der Waals surface area (Å²) in [4.78, 5) is 10.1. The SMILES string of the molecule is CCN(Cc1cccc(S(=O)(=O)O)c1)N=O. The fourth-order valence-electron chi connectivity index (χ4n) is 1.21. The molecule has 0 aliphatic carbocycles. The van der Waals surface area contributed by atoms with Crippen LogP contribution in [0.3, 0.4) is 0 Å². The molecule has 1 rings (SSSR count). The third-order valence-corrected chi connectivity index (χ3v) is 2.89. The van der Waals surface area contributed by atoms with E-state index in [1.807, 2.05) is 0 Å². The van der Waals surface area contributed by atoms with E-state index >= 15 is 0 Å². The van der Waals surface area contributed by atoms with Gasteiger partial charge in [0.25, 0.3) is 10.1 Å². The van der Waals surface area contributed by atoms with E-state index in [1.165, 1.54) is 23.2 Å². The minimum Gasteiger partial charge on any atom is -0.282 e. The smallest absolute Gasteiger partial charge is 0.282 e. The molecule has 1 aromatic rings. The van der Waals surface area contributed by atoms with Crippen LogP contribution in [0.2, 0.25) is 0 Å². The van der Waals surface area contributed by atoms with E-state index in [2.05, 4.69) is 5.29 Å². The van der Waals surface area contributed by atoms with Gasteiger partial charge in [-0.3, -0.25) is 9.56 Å². The third-order valence-electron chi connectivity index (χ3n) is 2.04. The molecule has 1 N–H and O–H groups in total. The molecule has 0 unspecified atom stereocenters. The highest BCUT2D eigenvalue weighted by molar-refractivity contribution is 7.85. The van der Waals surface area contributed by atoms with Gasteiger partial charge in [0.1, 0.15) is 0 Å². The van der Waals surface area contributed by atoms with E-state index in [0.717, 1.165) is 0 Å². The molecule has 0 saturated carbocycles. The Morgan fingerprint density at radius 3 is 2.62 bits per heavy atom. The van der Waals surface area contributed by atoms with Crippen LogP contribution in [0.25, 0.3) is 0 Å². The summed E-state index contributed by atoms with van der Waals surface area (Å²) in [6.07, 6.45) is 0. The first kappa shape index (κ1) is 12.6. The second-order valence-corrected chi connectivity index (χ2v) is 4.61. The Hall–Kier alpha value is -1.47. The first-order chi connectivity index (χ1) is 7.47. The molecule has 6 nitrogen and oxygen atoms in total. The van der Waals surface area contributed by atoms with Gasteiger partial charge in [0.05, 0.1) is 16.7 Å². The van der Waals surface area contributed by atoms with Crippen LogP contribution < -0.4 is 0 Å². The normalized spacial score (nSPS) is 11.1. The molecule has 0 spiro atoms. The van der Waals surface area contributed by atoms with Crippen LogP contribution in [-0.4, -0.2) is 24.5 Å². The highest BCUT2D eigenvalue weighted by Crippen LogP contribution is 2.12. The first-order valence-corrected chi connectivity index (χ1v) is 6.06. The van der Waals surface area contributed by atoms with Gasteiger partial charge in [0.2, 0.25) is 0 Å². The Bertz CT molecular complexity index is 472. The van der Waals surface area contributed by atoms with Crippen molar-refractivity contribution in [2.24, 2.45) is 5.29 Å². The lowest BCUT2D eigenvalue weighted by molar-refractivity contribution is 0.291. The predicted octanol–water partition coefficient (Wildman–Crippen LogP) is 1.44. The predicted molar refractivity (Wildman–Crippen MR) is 58.1 cm³/mol. The molecule has 0 radical (unpaired) electrons. The van der Waals surface area contributed by atoms with Crippen molar-refractivity contribution in [3.05, 3.63) is 34.7 Å². The van der Waals surface area contributed by atoms with Crippen molar-refractivity contribution in [2.75, 3.05) is 6.54 Å². The lowest BCUT2D eigenvalue weighted by Gasteiger charge is -2.12. The molecular weight excluding hydrogens is 232 g/mol. The van der Waals surface area contributed by atoms with Crippen molar-refractivity contribution in [3.63, 3.8) is 0 Å². The highest BCUT2D eigenvalue weighted by Gasteiger charge is 2.10. The molecule has 0 aromatic heterocycles. The summed E-state index contributed by atoms with van der Waals surface area (Å²) in [5.41, 5.74) is 0.594. The van der Waals surface area contributed by atoms with Crippen molar-refractivity contribution >= 4 is 10.1 Å². The third kappa shape index (κ3) is 3.28. The molecule has 0 fully saturated rings. The molecule has 0 aliphatic heterocycles. The Morgan fingerprint density at radius 1 is 1.44 bits per heavy atom. The zero-order valence-corrected chi connectivity index (χ0v) is 9.51. The standard InChI is InChI=1S/C9H12N2O4S/c1-2-11(10-12)7-8-4-3-5-9(6-8)16(13,14)15/h3-6H,2,7H2,1H3,(H,13,14,15). The second-order valence-electron chi connectivity index (χ2n) is 3.18. The molecule has 0 bridgehead atoms. The van der Waals surface area contributed by atoms with E-state index in [9.17, 15) is 13.3 Å². The minimum atomic E-state index is -4.20. The maximum Gasteiger partial charge on any atom is 0.294 e. The monoisotopic (exact) mass is 244 g/mol. The summed E-state index contributed by atoms with van der Waals surface area (Å²) in [5.74, 6) is 0. The van der Waals surface area contributed by atoms with Gasteiger partial charge < -0.3 is 0 Å². The van der Waals surface area contributed by atoms with Gasteiger partial charge in [-0.2, -0.15) is 8.42 Å². The molecule has 7 heteroatoms. The van der Waals surface area contributed by atoms with Gasteiger partial charge in [-0.25, -0.2) is 0 Å². The maximum atomic E-state index is 10.9. The van der Waals surface area contributed by atoms with Crippen LogP contribution in [-0.2, 0) is 16.7 Å². The summed E-state index contributed by atoms with van der Waals surface area (Å²) < 4.78 is 30.6. The zero-order valence-electron chi connectivity index (χ0n) is 8.70. The molecule has 1 aromatic carbocycles.